The molecule has 2 amide bonds. The summed E-state index contributed by atoms with van der Waals surface area (Å²) in [6.07, 6.45) is 0.364. The van der Waals surface area contributed by atoms with Crippen molar-refractivity contribution in [3.63, 3.8) is 0 Å². The van der Waals surface area contributed by atoms with Gasteiger partial charge in [-0.2, -0.15) is 0 Å². The first-order valence-electron chi connectivity index (χ1n) is 9.05. The molecule has 4 heteroatoms. The van der Waals surface area contributed by atoms with E-state index in [1.165, 1.54) is 4.90 Å². The van der Waals surface area contributed by atoms with Crippen LogP contribution in [-0.4, -0.2) is 17.6 Å². The summed E-state index contributed by atoms with van der Waals surface area (Å²) in [6.45, 7) is 3.97. The largest absolute Gasteiger partial charge is 0.299 e. The lowest BCUT2D eigenvalue weighted by Crippen LogP contribution is -2.44. The first kappa shape index (κ1) is 15.5. The first-order valence-corrected chi connectivity index (χ1v) is 9.05. The molecule has 0 radical (unpaired) electrons. The molecule has 1 heterocycles. The Morgan fingerprint density at radius 1 is 0.846 bits per heavy atom. The Morgan fingerprint density at radius 3 is 2.27 bits per heavy atom. The van der Waals surface area contributed by atoms with Gasteiger partial charge in [-0.25, -0.2) is 4.90 Å². The van der Waals surface area contributed by atoms with Crippen molar-refractivity contribution in [3.8, 4) is 0 Å². The number of amides is 2. The second-order valence-corrected chi connectivity index (χ2v) is 7.72. The molecule has 2 aromatic carbocycles. The molecule has 1 aliphatic heterocycles. The number of anilines is 1. The molecule has 1 saturated carbocycles. The van der Waals surface area contributed by atoms with Gasteiger partial charge in [-0.15, -0.1) is 0 Å². The summed E-state index contributed by atoms with van der Waals surface area (Å²) in [5, 5.41) is 0. The number of nitrogens with zero attached hydrogens (tertiary/aromatic N) is 1. The van der Waals surface area contributed by atoms with E-state index in [9.17, 15) is 14.4 Å². The minimum atomic E-state index is -0.551. The molecule has 4 nitrogen and oxygen atoms in total. The van der Waals surface area contributed by atoms with Crippen LogP contribution in [0.3, 0.4) is 0 Å². The molecule has 130 valence electrons. The fraction of sp³-hybridized carbons (Fsp3) is 0.318. The summed E-state index contributed by atoms with van der Waals surface area (Å²) in [4.78, 5) is 40.5. The second-order valence-electron chi connectivity index (χ2n) is 7.72. The fourth-order valence-corrected chi connectivity index (χ4v) is 5.08. The zero-order chi connectivity index (χ0) is 18.2. The summed E-state index contributed by atoms with van der Waals surface area (Å²) in [5.74, 6) is -1.90. The molecular formula is C22H19NO3. The zero-order valence-corrected chi connectivity index (χ0v) is 14.7. The number of carbonyl (C=O) groups is 3. The van der Waals surface area contributed by atoms with E-state index in [1.54, 1.807) is 0 Å². The van der Waals surface area contributed by atoms with Gasteiger partial charge in [-0.3, -0.25) is 14.4 Å². The third-order valence-electron chi connectivity index (χ3n) is 6.44. The van der Waals surface area contributed by atoms with Gasteiger partial charge in [0.1, 0.15) is 5.78 Å². The predicted molar refractivity (Wildman–Crippen MR) is 96.9 cm³/mol. The molecule has 4 atom stereocenters. The number of hydrogen-bond donors (Lipinski definition) is 0. The topological polar surface area (TPSA) is 54.5 Å². The maximum absolute atomic E-state index is 13.2. The van der Waals surface area contributed by atoms with E-state index in [2.05, 4.69) is 0 Å². The van der Waals surface area contributed by atoms with Gasteiger partial charge in [-0.05, 0) is 48.2 Å². The van der Waals surface area contributed by atoms with Crippen molar-refractivity contribution >= 4 is 23.3 Å². The van der Waals surface area contributed by atoms with Crippen LogP contribution in [0.2, 0.25) is 0 Å². The monoisotopic (exact) mass is 345 g/mol. The van der Waals surface area contributed by atoms with Crippen LogP contribution in [-0.2, 0) is 14.4 Å². The van der Waals surface area contributed by atoms with E-state index in [1.807, 2.05) is 56.3 Å². The molecule has 0 unspecified atom stereocenters. The lowest BCUT2D eigenvalue weighted by molar-refractivity contribution is -0.134. The van der Waals surface area contributed by atoms with Gasteiger partial charge < -0.3 is 0 Å². The van der Waals surface area contributed by atoms with Crippen LogP contribution in [0.1, 0.15) is 40.5 Å². The molecule has 0 spiro atoms. The molecule has 3 aliphatic carbocycles. The van der Waals surface area contributed by atoms with Crippen molar-refractivity contribution in [1.82, 2.24) is 0 Å². The molecule has 0 N–H and O–H groups in total. The molecule has 4 aliphatic rings. The maximum Gasteiger partial charge on any atom is 0.238 e. The molecule has 2 bridgehead atoms. The van der Waals surface area contributed by atoms with Crippen LogP contribution >= 0.6 is 0 Å². The Kier molecular flexibility index (Phi) is 3.06. The number of hydrogen-bond acceptors (Lipinski definition) is 3. The Labute approximate surface area is 151 Å². The molecule has 6 rings (SSSR count). The van der Waals surface area contributed by atoms with E-state index >= 15 is 0 Å². The summed E-state index contributed by atoms with van der Waals surface area (Å²) < 4.78 is 0. The molecule has 0 aromatic heterocycles. The third kappa shape index (κ3) is 1.82. The van der Waals surface area contributed by atoms with Crippen molar-refractivity contribution < 1.29 is 14.4 Å². The van der Waals surface area contributed by atoms with E-state index in [0.29, 0.717) is 12.1 Å². The Morgan fingerprint density at radius 2 is 1.54 bits per heavy atom. The summed E-state index contributed by atoms with van der Waals surface area (Å²) in [6, 6.07) is 13.4. The van der Waals surface area contributed by atoms with Crippen LogP contribution in [0.4, 0.5) is 5.69 Å². The van der Waals surface area contributed by atoms with Crippen molar-refractivity contribution in [1.29, 1.82) is 0 Å². The van der Waals surface area contributed by atoms with Crippen molar-refractivity contribution in [3.05, 3.63) is 64.7 Å². The molecular weight excluding hydrogens is 326 g/mol. The lowest BCUT2D eigenvalue weighted by Gasteiger charge is -2.43. The van der Waals surface area contributed by atoms with Crippen molar-refractivity contribution in [2.24, 2.45) is 11.8 Å². The zero-order valence-electron chi connectivity index (χ0n) is 14.7. The smallest absolute Gasteiger partial charge is 0.238 e. The maximum atomic E-state index is 13.2. The third-order valence-corrected chi connectivity index (χ3v) is 6.44. The number of benzene rings is 2. The summed E-state index contributed by atoms with van der Waals surface area (Å²) in [7, 11) is 0. The normalized spacial score (nSPS) is 29.2. The lowest BCUT2D eigenvalue weighted by atomic mass is 9.56. The first-order chi connectivity index (χ1) is 12.5. The van der Waals surface area contributed by atoms with Gasteiger partial charge in [0.15, 0.2) is 0 Å². The highest BCUT2D eigenvalue weighted by Gasteiger charge is 2.62. The van der Waals surface area contributed by atoms with Crippen LogP contribution < -0.4 is 4.90 Å². The van der Waals surface area contributed by atoms with Gasteiger partial charge in [0.05, 0.1) is 23.4 Å². The number of fused-ring (bicyclic) bond motifs is 1. The highest BCUT2D eigenvalue weighted by molar-refractivity contribution is 6.24. The minimum Gasteiger partial charge on any atom is -0.299 e. The fourth-order valence-electron chi connectivity index (χ4n) is 5.08. The van der Waals surface area contributed by atoms with E-state index in [4.69, 9.17) is 0 Å². The summed E-state index contributed by atoms with van der Waals surface area (Å²) >= 11 is 0. The van der Waals surface area contributed by atoms with Crippen molar-refractivity contribution in [2.75, 3.05) is 4.90 Å². The number of ketones is 1. The molecule has 2 fully saturated rings. The van der Waals surface area contributed by atoms with E-state index in [0.717, 1.165) is 22.3 Å². The standard InChI is InChI=1S/C22H19NO3/c1-11-7-8-13(9-12(11)2)23-21(25)19-16-10-17(24)18(20(19)22(23)26)15-6-4-3-5-14(15)16/h3-9,16,18-20H,10H2,1-2H3/t16-,18-,19+,20-/m0/s1. The SMILES string of the molecule is Cc1ccc(N2C(=O)[C@@H]3[C@H](C2=O)[C@H]2CC(=O)[C@@H]3c3ccccc32)cc1C. The Hall–Kier alpha value is -2.75. The minimum absolute atomic E-state index is 0.0954. The predicted octanol–water partition coefficient (Wildman–Crippen LogP) is 3.26. The van der Waals surface area contributed by atoms with Gasteiger partial charge in [-0.1, -0.05) is 30.3 Å². The van der Waals surface area contributed by atoms with Crippen LogP contribution in [0.25, 0.3) is 0 Å². The average molecular weight is 345 g/mol. The van der Waals surface area contributed by atoms with Crippen LogP contribution in [0.5, 0.6) is 0 Å². The average Bonchev–Trinajstić information content (AvgIpc) is 2.90. The van der Waals surface area contributed by atoms with E-state index < -0.39 is 17.8 Å². The number of imide groups is 1. The molecule has 2 aromatic rings. The second kappa shape index (κ2) is 5.13. The molecule has 1 saturated heterocycles. The number of aryl methyl sites for hydroxylation is 2. The number of rotatable bonds is 1. The number of carbonyl (C=O) groups excluding carboxylic acids is 3. The number of Topliss-reactive ketones (excluding diaryl/α,β-unsaturated/α-hetero) is 1. The molecule has 26 heavy (non-hydrogen) atoms. The van der Waals surface area contributed by atoms with E-state index in [-0.39, 0.29) is 23.5 Å². The van der Waals surface area contributed by atoms with Crippen LogP contribution in [0, 0.1) is 25.7 Å². The van der Waals surface area contributed by atoms with Gasteiger partial charge >= 0.3 is 0 Å². The highest BCUT2D eigenvalue weighted by Crippen LogP contribution is 2.57. The van der Waals surface area contributed by atoms with Crippen LogP contribution in [0.15, 0.2) is 42.5 Å². The quantitative estimate of drug-likeness (QED) is 0.746. The highest BCUT2D eigenvalue weighted by atomic mass is 16.2. The van der Waals surface area contributed by atoms with Gasteiger partial charge in [0.25, 0.3) is 0 Å². The summed E-state index contributed by atoms with van der Waals surface area (Å²) in [5.41, 5.74) is 4.79. The Balaban J connectivity index is 1.65. The van der Waals surface area contributed by atoms with Crippen molar-refractivity contribution in [2.45, 2.75) is 32.1 Å². The van der Waals surface area contributed by atoms with Gasteiger partial charge in [0, 0.05) is 12.3 Å². The van der Waals surface area contributed by atoms with Gasteiger partial charge in [0.2, 0.25) is 11.8 Å². The Bertz CT molecular complexity index is 993.